The van der Waals surface area contributed by atoms with Gasteiger partial charge in [-0.3, -0.25) is 0 Å². The van der Waals surface area contributed by atoms with Crippen LogP contribution in [0.25, 0.3) is 5.69 Å². The molecule has 23 heavy (non-hydrogen) atoms. The lowest BCUT2D eigenvalue weighted by Gasteiger charge is -2.06. The fourth-order valence-corrected chi connectivity index (χ4v) is 2.28. The first kappa shape index (κ1) is 13.4. The summed E-state index contributed by atoms with van der Waals surface area (Å²) in [4.78, 5) is 12.2. The van der Waals surface area contributed by atoms with E-state index < -0.39 is 5.97 Å². The Labute approximate surface area is 131 Å². The van der Waals surface area contributed by atoms with E-state index in [1.165, 1.54) is 0 Å². The van der Waals surface area contributed by atoms with Gasteiger partial charge in [-0.05, 0) is 42.5 Å². The van der Waals surface area contributed by atoms with Crippen LogP contribution >= 0.6 is 0 Å². The van der Waals surface area contributed by atoms with E-state index >= 15 is 0 Å². The molecular formula is C17H12N2O4. The van der Waals surface area contributed by atoms with Crippen LogP contribution in [0.1, 0.15) is 10.4 Å². The van der Waals surface area contributed by atoms with Crippen LogP contribution in [0.2, 0.25) is 0 Å². The first-order valence-corrected chi connectivity index (χ1v) is 7.01. The first-order chi connectivity index (χ1) is 11.3. The molecule has 1 aliphatic rings. The van der Waals surface area contributed by atoms with Crippen molar-refractivity contribution in [2.75, 3.05) is 6.79 Å². The van der Waals surface area contributed by atoms with Crippen LogP contribution in [0, 0.1) is 0 Å². The van der Waals surface area contributed by atoms with Crippen LogP contribution in [0.3, 0.4) is 0 Å². The second-order valence-electron chi connectivity index (χ2n) is 4.90. The topological polar surface area (TPSA) is 62.6 Å². The highest BCUT2D eigenvalue weighted by Gasteiger charge is 2.16. The molecule has 2 heterocycles. The summed E-state index contributed by atoms with van der Waals surface area (Å²) in [5.74, 6) is 1.20. The summed E-state index contributed by atoms with van der Waals surface area (Å²) >= 11 is 0. The van der Waals surface area contributed by atoms with E-state index in [2.05, 4.69) is 5.10 Å². The van der Waals surface area contributed by atoms with Crippen LogP contribution in [0.5, 0.6) is 17.2 Å². The van der Waals surface area contributed by atoms with E-state index in [1.807, 2.05) is 24.4 Å². The number of ether oxygens (including phenoxy) is 3. The Morgan fingerprint density at radius 1 is 1.09 bits per heavy atom. The molecule has 0 unspecified atom stereocenters. The molecule has 0 N–H and O–H groups in total. The summed E-state index contributed by atoms with van der Waals surface area (Å²) in [6, 6.07) is 13.9. The zero-order chi connectivity index (χ0) is 15.6. The minimum atomic E-state index is -0.434. The van der Waals surface area contributed by atoms with Gasteiger partial charge in [0.2, 0.25) is 6.79 Å². The molecule has 0 bridgehead atoms. The summed E-state index contributed by atoms with van der Waals surface area (Å²) in [5.41, 5.74) is 1.33. The monoisotopic (exact) mass is 308 g/mol. The Kier molecular flexibility index (Phi) is 3.20. The minimum absolute atomic E-state index is 0.182. The lowest BCUT2D eigenvalue weighted by molar-refractivity contribution is 0.0734. The number of fused-ring (bicyclic) bond motifs is 1. The predicted octanol–water partition coefficient (Wildman–Crippen LogP) is 2.82. The SMILES string of the molecule is O=C(Oc1ccc2c(c1)OCO2)c1ccc(-n2cccn2)cc1. The molecule has 1 aliphatic heterocycles. The molecule has 0 amide bonds. The number of benzene rings is 2. The number of rotatable bonds is 3. The maximum absolute atomic E-state index is 12.2. The van der Waals surface area contributed by atoms with E-state index in [0.29, 0.717) is 22.8 Å². The van der Waals surface area contributed by atoms with Gasteiger partial charge in [-0.1, -0.05) is 0 Å². The van der Waals surface area contributed by atoms with Gasteiger partial charge in [0.1, 0.15) is 5.75 Å². The second kappa shape index (κ2) is 5.49. The number of esters is 1. The summed E-state index contributed by atoms with van der Waals surface area (Å²) in [5, 5.41) is 4.14. The summed E-state index contributed by atoms with van der Waals surface area (Å²) in [6.07, 6.45) is 3.53. The van der Waals surface area contributed by atoms with Crippen molar-refractivity contribution < 1.29 is 19.0 Å². The maximum atomic E-state index is 12.2. The predicted molar refractivity (Wildman–Crippen MR) is 81.1 cm³/mol. The number of aromatic nitrogens is 2. The third-order valence-electron chi connectivity index (χ3n) is 3.43. The maximum Gasteiger partial charge on any atom is 0.343 e. The van der Waals surface area contributed by atoms with Crippen molar-refractivity contribution in [3.63, 3.8) is 0 Å². The summed E-state index contributed by atoms with van der Waals surface area (Å²) in [7, 11) is 0. The molecule has 6 nitrogen and oxygen atoms in total. The van der Waals surface area contributed by atoms with Gasteiger partial charge in [-0.25, -0.2) is 9.48 Å². The van der Waals surface area contributed by atoms with E-state index in [9.17, 15) is 4.79 Å². The fourth-order valence-electron chi connectivity index (χ4n) is 2.28. The van der Waals surface area contributed by atoms with E-state index in [0.717, 1.165) is 5.69 Å². The van der Waals surface area contributed by atoms with Crippen molar-refractivity contribution in [2.45, 2.75) is 0 Å². The van der Waals surface area contributed by atoms with Crippen LogP contribution < -0.4 is 14.2 Å². The second-order valence-corrected chi connectivity index (χ2v) is 4.90. The van der Waals surface area contributed by atoms with Gasteiger partial charge >= 0.3 is 5.97 Å². The third kappa shape index (κ3) is 2.62. The molecule has 0 spiro atoms. The molecule has 3 aromatic rings. The van der Waals surface area contributed by atoms with Crippen molar-refractivity contribution in [3.8, 4) is 22.9 Å². The zero-order valence-corrected chi connectivity index (χ0v) is 12.0. The Bertz CT molecular complexity index is 842. The Morgan fingerprint density at radius 2 is 1.91 bits per heavy atom. The zero-order valence-electron chi connectivity index (χ0n) is 12.0. The number of nitrogens with zero attached hydrogens (tertiary/aromatic N) is 2. The Morgan fingerprint density at radius 3 is 2.70 bits per heavy atom. The van der Waals surface area contributed by atoms with E-state index in [1.54, 1.807) is 41.2 Å². The van der Waals surface area contributed by atoms with Crippen molar-refractivity contribution in [1.29, 1.82) is 0 Å². The van der Waals surface area contributed by atoms with Gasteiger partial charge in [-0.15, -0.1) is 0 Å². The van der Waals surface area contributed by atoms with Gasteiger partial charge in [0, 0.05) is 18.5 Å². The molecule has 2 aromatic carbocycles. The largest absolute Gasteiger partial charge is 0.454 e. The molecule has 114 valence electrons. The highest BCUT2D eigenvalue weighted by molar-refractivity contribution is 5.91. The van der Waals surface area contributed by atoms with Crippen molar-refractivity contribution in [2.24, 2.45) is 0 Å². The highest BCUT2D eigenvalue weighted by Crippen LogP contribution is 2.35. The molecule has 4 rings (SSSR count). The normalized spacial score (nSPS) is 12.2. The number of carbonyl (C=O) groups is 1. The molecule has 0 atom stereocenters. The number of hydrogen-bond donors (Lipinski definition) is 0. The van der Waals surface area contributed by atoms with Gasteiger partial charge in [-0.2, -0.15) is 5.10 Å². The van der Waals surface area contributed by atoms with Gasteiger partial charge < -0.3 is 14.2 Å². The highest BCUT2D eigenvalue weighted by atomic mass is 16.7. The quantitative estimate of drug-likeness (QED) is 0.550. The molecule has 0 radical (unpaired) electrons. The first-order valence-electron chi connectivity index (χ1n) is 7.01. The van der Waals surface area contributed by atoms with Crippen LogP contribution in [0.4, 0.5) is 0 Å². The third-order valence-corrected chi connectivity index (χ3v) is 3.43. The summed E-state index contributed by atoms with van der Waals surface area (Å²) in [6.45, 7) is 0.182. The van der Waals surface area contributed by atoms with Gasteiger partial charge in [0.15, 0.2) is 11.5 Å². The standard InChI is InChI=1S/C17H12N2O4/c20-17(23-14-6-7-15-16(10-14)22-11-21-15)12-2-4-13(5-3-12)19-9-1-8-18-19/h1-10H,11H2. The lowest BCUT2D eigenvalue weighted by atomic mass is 10.2. The van der Waals surface area contributed by atoms with Crippen molar-refractivity contribution in [1.82, 2.24) is 9.78 Å². The minimum Gasteiger partial charge on any atom is -0.454 e. The summed E-state index contributed by atoms with van der Waals surface area (Å²) < 4.78 is 17.6. The fraction of sp³-hybridized carbons (Fsp3) is 0.0588. The van der Waals surface area contributed by atoms with Gasteiger partial charge in [0.05, 0.1) is 11.3 Å². The molecule has 0 saturated carbocycles. The van der Waals surface area contributed by atoms with Gasteiger partial charge in [0.25, 0.3) is 0 Å². The van der Waals surface area contributed by atoms with E-state index in [-0.39, 0.29) is 6.79 Å². The molecule has 0 saturated heterocycles. The molecule has 0 aliphatic carbocycles. The molecule has 6 heteroatoms. The molecular weight excluding hydrogens is 296 g/mol. The lowest BCUT2D eigenvalue weighted by Crippen LogP contribution is -2.08. The Hall–Kier alpha value is -3.28. The number of carbonyl (C=O) groups excluding carboxylic acids is 1. The smallest absolute Gasteiger partial charge is 0.343 e. The van der Waals surface area contributed by atoms with Crippen LogP contribution in [0.15, 0.2) is 60.9 Å². The average Bonchev–Trinajstić information content (AvgIpc) is 3.26. The molecule has 0 fully saturated rings. The Balaban J connectivity index is 1.51. The van der Waals surface area contributed by atoms with Crippen molar-refractivity contribution >= 4 is 5.97 Å². The van der Waals surface area contributed by atoms with Crippen molar-refractivity contribution in [3.05, 3.63) is 66.5 Å². The van der Waals surface area contributed by atoms with Crippen LogP contribution in [-0.4, -0.2) is 22.5 Å². The van der Waals surface area contributed by atoms with E-state index in [4.69, 9.17) is 14.2 Å². The van der Waals surface area contributed by atoms with Crippen LogP contribution in [-0.2, 0) is 0 Å². The number of hydrogen-bond acceptors (Lipinski definition) is 5. The molecule has 1 aromatic heterocycles. The average molecular weight is 308 g/mol.